The molecule has 1 unspecified atom stereocenters. The lowest BCUT2D eigenvalue weighted by molar-refractivity contribution is 0.522. The Kier molecular flexibility index (Phi) is 5.02. The van der Waals surface area contributed by atoms with Crippen molar-refractivity contribution in [3.8, 4) is 0 Å². The van der Waals surface area contributed by atoms with Crippen molar-refractivity contribution in [2.24, 2.45) is 0 Å². The van der Waals surface area contributed by atoms with Gasteiger partial charge < -0.3 is 5.32 Å². The molecule has 0 aliphatic heterocycles. The summed E-state index contributed by atoms with van der Waals surface area (Å²) in [5, 5.41) is 10.9. The van der Waals surface area contributed by atoms with E-state index in [2.05, 4.69) is 35.0 Å². The standard InChI is InChI=1S/C14H20ClN3S/c1-4-16-13(14-12(15)6-7-19-14)9-11-8-10(3)17-18(11)5-2/h6-8,13,16H,4-5,9H2,1-3H3. The maximum absolute atomic E-state index is 6.26. The lowest BCUT2D eigenvalue weighted by Gasteiger charge is -2.17. The Bertz CT molecular complexity index is 533. The molecule has 1 N–H and O–H groups in total. The maximum Gasteiger partial charge on any atom is 0.0596 e. The van der Waals surface area contributed by atoms with Crippen molar-refractivity contribution < 1.29 is 0 Å². The number of nitrogens with one attached hydrogen (secondary N) is 1. The number of aryl methyl sites for hydroxylation is 2. The fourth-order valence-electron chi connectivity index (χ4n) is 2.30. The summed E-state index contributed by atoms with van der Waals surface area (Å²) < 4.78 is 2.07. The molecule has 0 amide bonds. The minimum Gasteiger partial charge on any atom is -0.309 e. The Morgan fingerprint density at radius 2 is 2.26 bits per heavy atom. The molecule has 0 spiro atoms. The van der Waals surface area contributed by atoms with Crippen molar-refractivity contribution in [2.45, 2.75) is 39.8 Å². The van der Waals surface area contributed by atoms with Gasteiger partial charge in [-0.3, -0.25) is 4.68 Å². The zero-order valence-corrected chi connectivity index (χ0v) is 13.2. The van der Waals surface area contributed by atoms with Crippen LogP contribution in [0.4, 0.5) is 0 Å². The summed E-state index contributed by atoms with van der Waals surface area (Å²) in [6.45, 7) is 8.11. The predicted octanol–water partition coefficient (Wildman–Crippen LogP) is 3.82. The van der Waals surface area contributed by atoms with E-state index in [-0.39, 0.29) is 6.04 Å². The first kappa shape index (κ1) is 14.6. The van der Waals surface area contributed by atoms with E-state index in [1.165, 1.54) is 10.6 Å². The second-order valence-corrected chi connectivity index (χ2v) is 5.89. The summed E-state index contributed by atoms with van der Waals surface area (Å²) in [4.78, 5) is 1.21. The van der Waals surface area contributed by atoms with E-state index in [1.54, 1.807) is 11.3 Å². The number of thiophene rings is 1. The third-order valence-corrected chi connectivity index (χ3v) is 4.58. The first-order valence-corrected chi connectivity index (χ1v) is 7.91. The third-order valence-electron chi connectivity index (χ3n) is 3.11. The van der Waals surface area contributed by atoms with Crippen LogP contribution in [0.2, 0.25) is 5.02 Å². The smallest absolute Gasteiger partial charge is 0.0596 e. The van der Waals surface area contributed by atoms with Crippen LogP contribution in [-0.4, -0.2) is 16.3 Å². The second kappa shape index (κ2) is 6.55. The Morgan fingerprint density at radius 1 is 1.47 bits per heavy atom. The molecule has 3 nitrogen and oxygen atoms in total. The van der Waals surface area contributed by atoms with Crippen molar-refractivity contribution in [1.82, 2.24) is 15.1 Å². The molecule has 0 bridgehead atoms. The fraction of sp³-hybridized carbons (Fsp3) is 0.500. The first-order valence-electron chi connectivity index (χ1n) is 6.65. The van der Waals surface area contributed by atoms with Gasteiger partial charge in [-0.2, -0.15) is 5.10 Å². The van der Waals surface area contributed by atoms with Crippen LogP contribution in [0.1, 0.15) is 36.2 Å². The summed E-state index contributed by atoms with van der Waals surface area (Å²) in [7, 11) is 0. The zero-order chi connectivity index (χ0) is 13.8. The van der Waals surface area contributed by atoms with E-state index in [4.69, 9.17) is 11.6 Å². The number of nitrogens with zero attached hydrogens (tertiary/aromatic N) is 2. The van der Waals surface area contributed by atoms with Gasteiger partial charge in [-0.05, 0) is 37.9 Å². The number of aromatic nitrogens is 2. The minimum atomic E-state index is 0.263. The second-order valence-electron chi connectivity index (χ2n) is 4.54. The first-order chi connectivity index (χ1) is 9.15. The van der Waals surface area contributed by atoms with Gasteiger partial charge in [0.2, 0.25) is 0 Å². The molecule has 0 aliphatic carbocycles. The molecule has 0 radical (unpaired) electrons. The summed E-state index contributed by atoms with van der Waals surface area (Å²) in [5.74, 6) is 0. The van der Waals surface area contributed by atoms with Gasteiger partial charge in [-0.15, -0.1) is 11.3 Å². The quantitative estimate of drug-likeness (QED) is 0.878. The van der Waals surface area contributed by atoms with Crippen molar-refractivity contribution in [2.75, 3.05) is 6.54 Å². The average molecular weight is 298 g/mol. The largest absolute Gasteiger partial charge is 0.309 e. The Morgan fingerprint density at radius 3 is 2.84 bits per heavy atom. The summed E-state index contributed by atoms with van der Waals surface area (Å²) in [6.07, 6.45) is 0.919. The number of rotatable bonds is 6. The van der Waals surface area contributed by atoms with Gasteiger partial charge in [0.25, 0.3) is 0 Å². The van der Waals surface area contributed by atoms with Crippen LogP contribution < -0.4 is 5.32 Å². The molecule has 0 aliphatic rings. The molecule has 2 rings (SSSR count). The Hall–Kier alpha value is -0.840. The topological polar surface area (TPSA) is 29.9 Å². The molecular weight excluding hydrogens is 278 g/mol. The average Bonchev–Trinajstić information content (AvgIpc) is 2.94. The number of hydrogen-bond donors (Lipinski definition) is 1. The highest BCUT2D eigenvalue weighted by Crippen LogP contribution is 2.30. The van der Waals surface area contributed by atoms with Gasteiger partial charge in [0, 0.05) is 29.6 Å². The molecular formula is C14H20ClN3S. The Balaban J connectivity index is 2.23. The van der Waals surface area contributed by atoms with Gasteiger partial charge in [-0.1, -0.05) is 18.5 Å². The highest BCUT2D eigenvalue weighted by Gasteiger charge is 2.18. The van der Waals surface area contributed by atoms with Gasteiger partial charge in [0.15, 0.2) is 0 Å². The SMILES string of the molecule is CCNC(Cc1cc(C)nn1CC)c1sccc1Cl. The normalized spacial score (nSPS) is 12.8. The van der Waals surface area contributed by atoms with E-state index in [0.717, 1.165) is 30.2 Å². The van der Waals surface area contributed by atoms with E-state index in [9.17, 15) is 0 Å². The van der Waals surface area contributed by atoms with Gasteiger partial charge in [-0.25, -0.2) is 0 Å². The van der Waals surface area contributed by atoms with Crippen molar-refractivity contribution in [3.05, 3.63) is 38.8 Å². The lowest BCUT2D eigenvalue weighted by atomic mass is 10.1. The molecule has 2 aromatic heterocycles. The molecule has 1 atom stereocenters. The predicted molar refractivity (Wildman–Crippen MR) is 82.1 cm³/mol. The molecule has 0 aromatic carbocycles. The minimum absolute atomic E-state index is 0.263. The molecule has 0 saturated carbocycles. The van der Waals surface area contributed by atoms with E-state index < -0.39 is 0 Å². The van der Waals surface area contributed by atoms with E-state index >= 15 is 0 Å². The molecule has 2 aromatic rings. The van der Waals surface area contributed by atoms with Gasteiger partial charge in [0.1, 0.15) is 0 Å². The van der Waals surface area contributed by atoms with Crippen LogP contribution in [0, 0.1) is 6.92 Å². The highest BCUT2D eigenvalue weighted by molar-refractivity contribution is 7.10. The third kappa shape index (κ3) is 3.38. The van der Waals surface area contributed by atoms with Crippen molar-refractivity contribution >= 4 is 22.9 Å². The zero-order valence-electron chi connectivity index (χ0n) is 11.6. The van der Waals surface area contributed by atoms with Crippen LogP contribution in [-0.2, 0) is 13.0 Å². The fourth-order valence-corrected chi connectivity index (χ4v) is 3.57. The number of halogens is 1. The number of likely N-dealkylation sites (N-methyl/N-ethyl adjacent to an activating group) is 1. The summed E-state index contributed by atoms with van der Waals surface area (Å²) in [5.41, 5.74) is 2.33. The van der Waals surface area contributed by atoms with Crippen LogP contribution in [0.3, 0.4) is 0 Å². The van der Waals surface area contributed by atoms with Crippen LogP contribution in [0.25, 0.3) is 0 Å². The lowest BCUT2D eigenvalue weighted by Crippen LogP contribution is -2.23. The van der Waals surface area contributed by atoms with E-state index in [0.29, 0.717) is 0 Å². The molecule has 0 saturated heterocycles. The van der Waals surface area contributed by atoms with Gasteiger partial charge in [0.05, 0.1) is 10.7 Å². The van der Waals surface area contributed by atoms with Crippen molar-refractivity contribution in [3.63, 3.8) is 0 Å². The highest BCUT2D eigenvalue weighted by atomic mass is 35.5. The molecule has 5 heteroatoms. The maximum atomic E-state index is 6.26. The molecule has 104 valence electrons. The number of hydrogen-bond acceptors (Lipinski definition) is 3. The van der Waals surface area contributed by atoms with Gasteiger partial charge >= 0.3 is 0 Å². The Labute approximate surface area is 123 Å². The van der Waals surface area contributed by atoms with E-state index in [1.807, 2.05) is 18.4 Å². The summed E-state index contributed by atoms with van der Waals surface area (Å²) in [6, 6.07) is 4.39. The monoisotopic (exact) mass is 297 g/mol. The van der Waals surface area contributed by atoms with Crippen LogP contribution in [0.15, 0.2) is 17.5 Å². The van der Waals surface area contributed by atoms with Crippen LogP contribution >= 0.6 is 22.9 Å². The summed E-state index contributed by atoms with van der Waals surface area (Å²) >= 11 is 7.98. The molecule has 0 fully saturated rings. The van der Waals surface area contributed by atoms with Crippen molar-refractivity contribution in [1.29, 1.82) is 0 Å². The van der Waals surface area contributed by atoms with Crippen LogP contribution in [0.5, 0.6) is 0 Å². The molecule has 19 heavy (non-hydrogen) atoms. The molecule has 2 heterocycles.